The molecule has 0 radical (unpaired) electrons. The Labute approximate surface area is 119 Å². The molecule has 0 aromatic carbocycles. The second-order valence-corrected chi connectivity index (χ2v) is 6.28. The molecule has 112 valence electrons. The highest BCUT2D eigenvalue weighted by Gasteiger charge is 2.25. The summed E-state index contributed by atoms with van der Waals surface area (Å²) >= 11 is 0. The summed E-state index contributed by atoms with van der Waals surface area (Å²) < 4.78 is 13.1. The van der Waals surface area contributed by atoms with Gasteiger partial charge in [-0.2, -0.15) is 0 Å². The third kappa shape index (κ3) is 4.51. The van der Waals surface area contributed by atoms with E-state index in [0.717, 1.165) is 25.7 Å². The Morgan fingerprint density at radius 2 is 2.35 bits per heavy atom. The van der Waals surface area contributed by atoms with Gasteiger partial charge in [0.2, 0.25) is 0 Å². The van der Waals surface area contributed by atoms with Crippen molar-refractivity contribution in [1.29, 1.82) is 0 Å². The molecule has 0 unspecified atom stereocenters. The molecule has 2 atom stereocenters. The van der Waals surface area contributed by atoms with Crippen molar-refractivity contribution >= 4 is 0 Å². The molecule has 0 aliphatic carbocycles. The lowest BCUT2D eigenvalue weighted by atomic mass is 9.89. The lowest BCUT2D eigenvalue weighted by Crippen LogP contribution is -2.43. The zero-order chi connectivity index (χ0) is 14.6. The first-order valence-corrected chi connectivity index (χ1v) is 7.20. The van der Waals surface area contributed by atoms with Crippen LogP contribution in [0.15, 0.2) is 18.5 Å². The van der Waals surface area contributed by atoms with Gasteiger partial charge in [-0.1, -0.05) is 0 Å². The number of β-amino-alcohol motifs (C(OH)–C–C–N with tert-alkyl or cyclic N) is 1. The molecule has 2 heterocycles. The first-order valence-electron chi connectivity index (χ1n) is 7.20. The van der Waals surface area contributed by atoms with Gasteiger partial charge < -0.3 is 15.7 Å². The van der Waals surface area contributed by atoms with Crippen LogP contribution in [0.25, 0.3) is 0 Å². The summed E-state index contributed by atoms with van der Waals surface area (Å²) in [6.45, 7) is 6.85. The van der Waals surface area contributed by atoms with Gasteiger partial charge in [-0.3, -0.25) is 4.98 Å². The molecular weight excluding hydrogens is 257 g/mol. The smallest absolute Gasteiger partial charge is 0.141 e. The fraction of sp³-hybridized carbons (Fsp3) is 0.667. The van der Waals surface area contributed by atoms with E-state index in [1.165, 1.54) is 18.7 Å². The van der Waals surface area contributed by atoms with Crippen LogP contribution < -0.4 is 10.6 Å². The number of rotatable bonds is 6. The Morgan fingerprint density at radius 3 is 3.00 bits per heavy atom. The number of nitrogens with zero attached hydrogens (tertiary/aromatic N) is 1. The van der Waals surface area contributed by atoms with Crippen molar-refractivity contribution in [3.8, 4) is 0 Å². The molecule has 3 N–H and O–H groups in total. The SMILES string of the molecule is CC(C)(C[C@H]1CCNC1)NC[C@H](O)c1cncc(F)c1. The Morgan fingerprint density at radius 1 is 1.55 bits per heavy atom. The van der Waals surface area contributed by atoms with Crippen LogP contribution in [0, 0.1) is 11.7 Å². The summed E-state index contributed by atoms with van der Waals surface area (Å²) in [5, 5.41) is 16.8. The van der Waals surface area contributed by atoms with Gasteiger partial charge in [0.15, 0.2) is 0 Å². The zero-order valence-electron chi connectivity index (χ0n) is 12.2. The molecule has 4 nitrogen and oxygen atoms in total. The number of nitrogens with one attached hydrogen (secondary N) is 2. The molecule has 0 amide bonds. The zero-order valence-corrected chi connectivity index (χ0v) is 12.2. The van der Waals surface area contributed by atoms with E-state index in [0.29, 0.717) is 18.0 Å². The average molecular weight is 281 g/mol. The highest BCUT2D eigenvalue weighted by atomic mass is 19.1. The van der Waals surface area contributed by atoms with Crippen LogP contribution in [0.1, 0.15) is 38.4 Å². The molecule has 1 aromatic heterocycles. The van der Waals surface area contributed by atoms with Crippen molar-refractivity contribution in [2.75, 3.05) is 19.6 Å². The second kappa shape index (κ2) is 6.61. The number of hydrogen-bond donors (Lipinski definition) is 3. The number of pyridine rings is 1. The van der Waals surface area contributed by atoms with E-state index in [1.807, 2.05) is 0 Å². The molecule has 0 spiro atoms. The molecular formula is C15H24FN3O. The van der Waals surface area contributed by atoms with E-state index < -0.39 is 11.9 Å². The van der Waals surface area contributed by atoms with Crippen LogP contribution in [0.2, 0.25) is 0 Å². The van der Waals surface area contributed by atoms with Gasteiger partial charge in [0.25, 0.3) is 0 Å². The van der Waals surface area contributed by atoms with Crippen LogP contribution in [0.4, 0.5) is 4.39 Å². The molecule has 0 bridgehead atoms. The van der Waals surface area contributed by atoms with Gasteiger partial charge in [0.05, 0.1) is 12.3 Å². The normalized spacial score (nSPS) is 21.1. The van der Waals surface area contributed by atoms with Crippen molar-refractivity contribution < 1.29 is 9.50 Å². The van der Waals surface area contributed by atoms with Gasteiger partial charge in [-0.25, -0.2) is 4.39 Å². The van der Waals surface area contributed by atoms with E-state index in [-0.39, 0.29) is 5.54 Å². The van der Waals surface area contributed by atoms with E-state index in [9.17, 15) is 9.50 Å². The Kier molecular flexibility index (Phi) is 5.07. The third-order valence-corrected chi connectivity index (χ3v) is 3.85. The lowest BCUT2D eigenvalue weighted by molar-refractivity contribution is 0.155. The largest absolute Gasteiger partial charge is 0.387 e. The number of aliphatic hydroxyl groups excluding tert-OH is 1. The summed E-state index contributed by atoms with van der Waals surface area (Å²) in [6, 6.07) is 1.33. The third-order valence-electron chi connectivity index (χ3n) is 3.85. The standard InChI is InChI=1S/C15H24FN3O/c1-15(2,6-11-3-4-17-7-11)19-10-14(20)12-5-13(16)9-18-8-12/h5,8-9,11,14,17,19-20H,3-4,6-7,10H2,1-2H3/t11-,14+/m1/s1. The summed E-state index contributed by atoms with van der Waals surface area (Å²) in [4.78, 5) is 3.76. The quantitative estimate of drug-likeness (QED) is 0.742. The van der Waals surface area contributed by atoms with Crippen LogP contribution >= 0.6 is 0 Å². The van der Waals surface area contributed by atoms with Crippen molar-refractivity contribution in [2.24, 2.45) is 5.92 Å². The molecule has 20 heavy (non-hydrogen) atoms. The van der Waals surface area contributed by atoms with E-state index in [1.54, 1.807) is 0 Å². The summed E-state index contributed by atoms with van der Waals surface area (Å²) in [5.41, 5.74) is 0.467. The summed E-state index contributed by atoms with van der Waals surface area (Å²) in [5.74, 6) is 0.267. The molecule has 1 aliphatic heterocycles. The summed E-state index contributed by atoms with van der Waals surface area (Å²) in [6.07, 6.45) is 4.18. The maximum Gasteiger partial charge on any atom is 0.141 e. The van der Waals surface area contributed by atoms with Crippen LogP contribution in [0.3, 0.4) is 0 Å². The first kappa shape index (κ1) is 15.4. The Hall–Kier alpha value is -1.04. The molecule has 1 saturated heterocycles. The highest BCUT2D eigenvalue weighted by molar-refractivity contribution is 5.13. The molecule has 0 saturated carbocycles. The molecule has 1 aliphatic rings. The van der Waals surface area contributed by atoms with Gasteiger partial charge in [0.1, 0.15) is 5.82 Å². The Balaban J connectivity index is 1.83. The van der Waals surface area contributed by atoms with E-state index >= 15 is 0 Å². The molecule has 1 fully saturated rings. The molecule has 1 aromatic rings. The number of halogens is 1. The van der Waals surface area contributed by atoms with Crippen molar-refractivity contribution in [2.45, 2.75) is 38.3 Å². The topological polar surface area (TPSA) is 57.2 Å². The minimum atomic E-state index is -0.737. The van der Waals surface area contributed by atoms with Crippen molar-refractivity contribution in [3.05, 3.63) is 29.8 Å². The highest BCUT2D eigenvalue weighted by Crippen LogP contribution is 2.22. The monoisotopic (exact) mass is 281 g/mol. The van der Waals surface area contributed by atoms with Gasteiger partial charge in [0, 0.05) is 23.8 Å². The van der Waals surface area contributed by atoms with Crippen molar-refractivity contribution in [3.63, 3.8) is 0 Å². The number of aliphatic hydroxyl groups is 1. The minimum Gasteiger partial charge on any atom is -0.387 e. The minimum absolute atomic E-state index is 0.0432. The first-order chi connectivity index (χ1) is 9.46. The van der Waals surface area contributed by atoms with Crippen LogP contribution in [-0.4, -0.2) is 35.3 Å². The fourth-order valence-electron chi connectivity index (χ4n) is 2.78. The predicted octanol–water partition coefficient (Wildman–Crippen LogP) is 1.62. The lowest BCUT2D eigenvalue weighted by Gasteiger charge is -2.30. The van der Waals surface area contributed by atoms with Crippen molar-refractivity contribution in [1.82, 2.24) is 15.6 Å². The van der Waals surface area contributed by atoms with Crippen LogP contribution in [0.5, 0.6) is 0 Å². The van der Waals surface area contributed by atoms with Crippen LogP contribution in [-0.2, 0) is 0 Å². The van der Waals surface area contributed by atoms with E-state index in [2.05, 4.69) is 29.5 Å². The number of hydrogen-bond acceptors (Lipinski definition) is 4. The number of aromatic nitrogens is 1. The van der Waals surface area contributed by atoms with Gasteiger partial charge >= 0.3 is 0 Å². The predicted molar refractivity (Wildman–Crippen MR) is 76.8 cm³/mol. The molecule has 5 heteroatoms. The summed E-state index contributed by atoms with van der Waals surface area (Å²) in [7, 11) is 0. The van der Waals surface area contributed by atoms with E-state index in [4.69, 9.17) is 0 Å². The van der Waals surface area contributed by atoms with Gasteiger partial charge in [-0.05, 0) is 51.8 Å². The second-order valence-electron chi connectivity index (χ2n) is 6.28. The average Bonchev–Trinajstić information content (AvgIpc) is 2.88. The maximum atomic E-state index is 13.1. The Bertz CT molecular complexity index is 433. The maximum absolute atomic E-state index is 13.1. The molecule has 2 rings (SSSR count). The fourth-order valence-corrected chi connectivity index (χ4v) is 2.78. The van der Waals surface area contributed by atoms with Gasteiger partial charge in [-0.15, -0.1) is 0 Å².